The molecule has 0 atom stereocenters. The predicted octanol–water partition coefficient (Wildman–Crippen LogP) is 7.25. The van der Waals surface area contributed by atoms with Gasteiger partial charge in [0.2, 0.25) is 0 Å². The van der Waals surface area contributed by atoms with Crippen molar-refractivity contribution < 1.29 is 0 Å². The zero-order chi connectivity index (χ0) is 15.8. The maximum absolute atomic E-state index is 3.92. The first-order valence-electron chi connectivity index (χ1n) is 7.71. The predicted molar refractivity (Wildman–Crippen MR) is 93.7 cm³/mol. The van der Waals surface area contributed by atoms with Crippen LogP contribution in [-0.4, -0.2) is 0 Å². The van der Waals surface area contributed by atoms with Gasteiger partial charge in [0.15, 0.2) is 0 Å². The summed E-state index contributed by atoms with van der Waals surface area (Å²) < 4.78 is 0. The Balaban J connectivity index is -0.000000579. The fraction of sp³-hybridized carbons (Fsp3) is 0.579. The minimum atomic E-state index is 1.14. The maximum atomic E-state index is 3.92. The molecule has 0 spiro atoms. The van der Waals surface area contributed by atoms with Gasteiger partial charge in [-0.2, -0.15) is 0 Å². The van der Waals surface area contributed by atoms with Gasteiger partial charge in [-0.05, 0) is 50.8 Å². The second-order valence-corrected chi connectivity index (χ2v) is 4.03. The van der Waals surface area contributed by atoms with Gasteiger partial charge in [0, 0.05) is 0 Å². The summed E-state index contributed by atoms with van der Waals surface area (Å²) in [6, 6.07) is 0. The van der Waals surface area contributed by atoms with Crippen molar-refractivity contribution in [1.82, 2.24) is 0 Å². The Morgan fingerprint density at radius 3 is 1.74 bits per heavy atom. The van der Waals surface area contributed by atoms with E-state index in [0.717, 1.165) is 6.42 Å². The molecule has 19 heavy (non-hydrogen) atoms. The van der Waals surface area contributed by atoms with Gasteiger partial charge in [0.1, 0.15) is 0 Å². The number of hydrogen-bond donors (Lipinski definition) is 0. The fourth-order valence-corrected chi connectivity index (χ4v) is 1.77. The van der Waals surface area contributed by atoms with Gasteiger partial charge in [-0.1, -0.05) is 71.4 Å². The van der Waals surface area contributed by atoms with Gasteiger partial charge in [-0.3, -0.25) is 0 Å². The van der Waals surface area contributed by atoms with Crippen molar-refractivity contribution in [1.29, 1.82) is 0 Å². The fourth-order valence-electron chi connectivity index (χ4n) is 1.77. The number of hydrogen-bond acceptors (Lipinski definition) is 0. The molecular formula is C19H36. The molecule has 0 radical (unpaired) electrons. The monoisotopic (exact) mass is 264 g/mol. The highest BCUT2D eigenvalue weighted by atomic mass is 14.1. The number of rotatable bonds is 5. The highest BCUT2D eigenvalue weighted by molar-refractivity contribution is 5.47. The highest BCUT2D eigenvalue weighted by Gasteiger charge is 2.05. The van der Waals surface area contributed by atoms with Gasteiger partial charge < -0.3 is 0 Å². The molecule has 112 valence electrons. The molecule has 0 N–H and O–H groups in total. The Bertz CT molecular complexity index is 294. The summed E-state index contributed by atoms with van der Waals surface area (Å²) in [6.07, 6.45) is 8.52. The second kappa shape index (κ2) is 17.0. The van der Waals surface area contributed by atoms with E-state index < -0.39 is 0 Å². The van der Waals surface area contributed by atoms with E-state index in [0.29, 0.717) is 0 Å². The molecule has 0 saturated heterocycles. The Labute approximate surface area is 123 Å². The minimum Gasteiger partial charge on any atom is -0.0985 e. The van der Waals surface area contributed by atoms with Crippen LogP contribution >= 0.6 is 0 Å². The van der Waals surface area contributed by atoms with E-state index in [1.165, 1.54) is 28.7 Å². The summed E-state index contributed by atoms with van der Waals surface area (Å²) in [6.45, 7) is 22.7. The zero-order valence-corrected chi connectivity index (χ0v) is 14.9. The molecule has 0 nitrogen and oxygen atoms in total. The van der Waals surface area contributed by atoms with Gasteiger partial charge in [-0.15, -0.1) is 0 Å². The van der Waals surface area contributed by atoms with Crippen LogP contribution in [-0.2, 0) is 0 Å². The summed E-state index contributed by atoms with van der Waals surface area (Å²) in [5, 5.41) is 0. The second-order valence-electron chi connectivity index (χ2n) is 4.03. The molecular weight excluding hydrogens is 228 g/mol. The molecule has 0 saturated carbocycles. The van der Waals surface area contributed by atoms with Crippen molar-refractivity contribution in [3.05, 3.63) is 47.1 Å². The highest BCUT2D eigenvalue weighted by Crippen LogP contribution is 2.24. The third kappa shape index (κ3) is 10.6. The summed E-state index contributed by atoms with van der Waals surface area (Å²) in [5.74, 6) is 0. The van der Waals surface area contributed by atoms with E-state index >= 15 is 0 Å². The van der Waals surface area contributed by atoms with E-state index in [-0.39, 0.29) is 0 Å². The molecule has 0 fully saturated rings. The van der Waals surface area contributed by atoms with Gasteiger partial charge in [-0.25, -0.2) is 0 Å². The SMILES string of the molecule is C=C/C(C(CCC)=C(C)C)=C(C)\C=C/C.CC.CC. The van der Waals surface area contributed by atoms with E-state index in [1.807, 2.05) is 40.7 Å². The third-order valence-corrected chi connectivity index (χ3v) is 2.47. The lowest BCUT2D eigenvalue weighted by Crippen LogP contribution is -1.93. The molecule has 0 bridgehead atoms. The van der Waals surface area contributed by atoms with E-state index in [4.69, 9.17) is 0 Å². The lowest BCUT2D eigenvalue weighted by molar-refractivity contribution is 0.900. The molecule has 0 amide bonds. The number of allylic oxidation sites excluding steroid dienone is 7. The van der Waals surface area contributed by atoms with Gasteiger partial charge in [0.05, 0.1) is 0 Å². The molecule has 0 heterocycles. The van der Waals surface area contributed by atoms with Crippen molar-refractivity contribution >= 4 is 0 Å². The molecule has 0 aliphatic heterocycles. The van der Waals surface area contributed by atoms with E-state index in [1.54, 1.807) is 0 Å². The molecule has 0 aliphatic carbocycles. The zero-order valence-electron chi connectivity index (χ0n) is 14.9. The molecule has 0 rings (SSSR count). The first-order chi connectivity index (χ1) is 9.08. The first-order valence-corrected chi connectivity index (χ1v) is 7.71. The smallest absolute Gasteiger partial charge is 0.0202 e. The van der Waals surface area contributed by atoms with Crippen LogP contribution < -0.4 is 0 Å². The Morgan fingerprint density at radius 1 is 1.00 bits per heavy atom. The van der Waals surface area contributed by atoms with Crippen LogP contribution in [0.15, 0.2) is 47.1 Å². The van der Waals surface area contributed by atoms with Crippen molar-refractivity contribution in [3.8, 4) is 0 Å². The summed E-state index contributed by atoms with van der Waals surface area (Å²) in [4.78, 5) is 0. The van der Waals surface area contributed by atoms with E-state index in [2.05, 4.69) is 46.4 Å². The molecule has 0 unspecified atom stereocenters. The minimum absolute atomic E-state index is 1.14. The van der Waals surface area contributed by atoms with Crippen LogP contribution in [0.25, 0.3) is 0 Å². The largest absolute Gasteiger partial charge is 0.0985 e. The molecule has 0 aliphatic rings. The molecule has 0 aromatic carbocycles. The Kier molecular flexibility index (Phi) is 20.6. The van der Waals surface area contributed by atoms with Crippen LogP contribution in [0.4, 0.5) is 0 Å². The van der Waals surface area contributed by atoms with Crippen molar-refractivity contribution in [2.24, 2.45) is 0 Å². The van der Waals surface area contributed by atoms with Gasteiger partial charge in [0.25, 0.3) is 0 Å². The summed E-state index contributed by atoms with van der Waals surface area (Å²) in [7, 11) is 0. The van der Waals surface area contributed by atoms with Crippen LogP contribution in [0.1, 0.15) is 75.2 Å². The van der Waals surface area contributed by atoms with Crippen LogP contribution in [0, 0.1) is 0 Å². The summed E-state index contributed by atoms with van der Waals surface area (Å²) >= 11 is 0. The normalized spacial score (nSPS) is 10.6. The van der Waals surface area contributed by atoms with Crippen LogP contribution in [0.5, 0.6) is 0 Å². The van der Waals surface area contributed by atoms with E-state index in [9.17, 15) is 0 Å². The third-order valence-electron chi connectivity index (χ3n) is 2.47. The molecule has 0 aromatic rings. The van der Waals surface area contributed by atoms with Gasteiger partial charge >= 0.3 is 0 Å². The first kappa shape index (κ1) is 23.1. The lowest BCUT2D eigenvalue weighted by Gasteiger charge is -2.12. The Morgan fingerprint density at radius 2 is 1.47 bits per heavy atom. The van der Waals surface area contributed by atoms with Crippen molar-refractivity contribution in [3.63, 3.8) is 0 Å². The molecule has 0 heteroatoms. The standard InChI is InChI=1S/C15H24.2C2H6/c1-7-10-13(6)14(9-3)15(11-8-2)12(4)5;2*1-2/h7,9-10H,3,8,11H2,1-2,4-6H3;2*1-2H3/b10-7-,14-13+;;. The maximum Gasteiger partial charge on any atom is -0.0202 e. The van der Waals surface area contributed by atoms with Crippen molar-refractivity contribution in [2.75, 3.05) is 0 Å². The van der Waals surface area contributed by atoms with Crippen LogP contribution in [0.3, 0.4) is 0 Å². The Hall–Kier alpha value is -1.04. The quantitative estimate of drug-likeness (QED) is 0.458. The topological polar surface area (TPSA) is 0 Å². The lowest BCUT2D eigenvalue weighted by atomic mass is 9.93. The van der Waals surface area contributed by atoms with Crippen LogP contribution in [0.2, 0.25) is 0 Å². The average molecular weight is 264 g/mol. The van der Waals surface area contributed by atoms with Crippen molar-refractivity contribution in [2.45, 2.75) is 75.2 Å². The molecule has 0 aromatic heterocycles. The average Bonchev–Trinajstić information content (AvgIpc) is 2.43. The summed E-state index contributed by atoms with van der Waals surface area (Å²) in [5.41, 5.74) is 5.45.